The second-order valence-corrected chi connectivity index (χ2v) is 18.5. The Morgan fingerprint density at radius 1 is 1.08 bits per heavy atom. The third-order valence-electron chi connectivity index (χ3n) is 12.9. The summed E-state index contributed by atoms with van der Waals surface area (Å²) in [6.45, 7) is 15.1. The first-order chi connectivity index (χ1) is 28.5. The number of para-hydroxylation sites is 1. The summed E-state index contributed by atoms with van der Waals surface area (Å²) in [4.78, 5) is 76.3. The van der Waals surface area contributed by atoms with Crippen LogP contribution in [0.3, 0.4) is 0 Å². The minimum absolute atomic E-state index is 0.0295. The maximum Gasteiger partial charge on any atom is 0.308 e. The molecule has 2 aromatic heterocycles. The molecule has 13 nitrogen and oxygen atoms in total. The van der Waals surface area contributed by atoms with Gasteiger partial charge in [-0.25, -0.2) is 4.98 Å². The van der Waals surface area contributed by atoms with E-state index in [0.29, 0.717) is 24.3 Å². The van der Waals surface area contributed by atoms with Crippen LogP contribution in [0.2, 0.25) is 0 Å². The van der Waals surface area contributed by atoms with Crippen molar-refractivity contribution >= 4 is 51.9 Å². The van der Waals surface area contributed by atoms with Crippen molar-refractivity contribution in [3.8, 4) is 0 Å². The van der Waals surface area contributed by atoms with Gasteiger partial charge in [0.25, 0.3) is 5.91 Å². The van der Waals surface area contributed by atoms with E-state index >= 15 is 0 Å². The van der Waals surface area contributed by atoms with Crippen LogP contribution in [-0.2, 0) is 35.7 Å². The Morgan fingerprint density at radius 3 is 2.48 bits per heavy atom. The molecule has 0 bridgehead atoms. The number of benzene rings is 1. The van der Waals surface area contributed by atoms with Crippen LogP contribution >= 0.6 is 11.3 Å². The fraction of sp³-hybridized carbons (Fsp3) is 0.652. The van der Waals surface area contributed by atoms with Crippen molar-refractivity contribution in [3.05, 3.63) is 52.1 Å². The van der Waals surface area contributed by atoms with E-state index in [2.05, 4.69) is 45.4 Å². The molecule has 14 heteroatoms. The lowest BCUT2D eigenvalue weighted by atomic mass is 9.92. The van der Waals surface area contributed by atoms with Gasteiger partial charge in [-0.15, -0.1) is 11.3 Å². The number of rotatable bonds is 20. The van der Waals surface area contributed by atoms with E-state index in [4.69, 9.17) is 14.5 Å². The van der Waals surface area contributed by atoms with Gasteiger partial charge in [0.05, 0.1) is 19.1 Å². The molecule has 330 valence electrons. The predicted molar refractivity (Wildman–Crippen MR) is 234 cm³/mol. The number of piperidine rings is 1. The molecule has 3 aromatic rings. The number of carbonyl (C=O) groups is 5. The number of methoxy groups -OCH3 is 1. The lowest BCUT2D eigenvalue weighted by Gasteiger charge is -2.39. The molecule has 2 fully saturated rings. The van der Waals surface area contributed by atoms with Crippen LogP contribution < -0.4 is 10.6 Å². The van der Waals surface area contributed by atoms with Crippen LogP contribution in [-0.4, -0.2) is 99.9 Å². The number of likely N-dealkylation sites (N-methyl/N-ethyl adjacent to an activating group) is 1. The monoisotopic (exact) mass is 848 g/mol. The van der Waals surface area contributed by atoms with E-state index < -0.39 is 35.6 Å². The van der Waals surface area contributed by atoms with Gasteiger partial charge >= 0.3 is 11.9 Å². The highest BCUT2D eigenvalue weighted by atomic mass is 32.1. The van der Waals surface area contributed by atoms with Crippen LogP contribution in [0.15, 0.2) is 35.8 Å². The largest absolute Gasteiger partial charge is 0.469 e. The molecule has 8 atom stereocenters. The maximum atomic E-state index is 14.5. The smallest absolute Gasteiger partial charge is 0.308 e. The number of carbonyl (C=O) groups excluding carboxylic acids is 5. The van der Waals surface area contributed by atoms with Gasteiger partial charge in [0.2, 0.25) is 11.8 Å². The van der Waals surface area contributed by atoms with Crippen LogP contribution in [0.5, 0.6) is 0 Å². The number of hydrogen-bond acceptors (Lipinski definition) is 10. The van der Waals surface area contributed by atoms with Gasteiger partial charge in [-0.3, -0.25) is 28.9 Å². The number of fused-ring (bicyclic) bond motifs is 1. The summed E-state index contributed by atoms with van der Waals surface area (Å²) in [6, 6.07) is 6.78. The molecule has 0 radical (unpaired) electrons. The fourth-order valence-corrected chi connectivity index (χ4v) is 10.0. The summed E-state index contributed by atoms with van der Waals surface area (Å²) < 4.78 is 13.0. The van der Waals surface area contributed by atoms with Crippen molar-refractivity contribution in [1.82, 2.24) is 30.0 Å². The number of aromatic nitrogens is 2. The van der Waals surface area contributed by atoms with E-state index in [9.17, 15) is 24.0 Å². The molecule has 2 aliphatic rings. The molecule has 2 unspecified atom stereocenters. The fourth-order valence-electron chi connectivity index (χ4n) is 9.17. The van der Waals surface area contributed by atoms with Crippen molar-refractivity contribution in [2.45, 2.75) is 142 Å². The second-order valence-electron chi connectivity index (χ2n) is 17.6. The third-order valence-corrected chi connectivity index (χ3v) is 13.9. The van der Waals surface area contributed by atoms with Gasteiger partial charge < -0.3 is 29.6 Å². The van der Waals surface area contributed by atoms with Crippen molar-refractivity contribution in [3.63, 3.8) is 0 Å². The number of esters is 2. The predicted octanol–water partition coefficient (Wildman–Crippen LogP) is 7.15. The highest BCUT2D eigenvalue weighted by Gasteiger charge is 2.58. The number of likely N-dealkylation sites (tertiary alicyclic amines) is 1. The molecule has 1 aliphatic carbocycles. The number of unbranched alkanes of at least 4 members (excludes halogenated alkanes) is 1. The summed E-state index contributed by atoms with van der Waals surface area (Å²) in [5.41, 5.74) is 1.67. The Balaban J connectivity index is 1.35. The van der Waals surface area contributed by atoms with E-state index in [-0.39, 0.29) is 59.6 Å². The Hall–Kier alpha value is -4.30. The number of nitrogens with one attached hydrogen (secondary N) is 2. The minimum atomic E-state index is -0.833. The van der Waals surface area contributed by atoms with Crippen LogP contribution in [0, 0.1) is 17.8 Å². The number of thiazole rings is 1. The summed E-state index contributed by atoms with van der Waals surface area (Å²) in [5, 5.41) is 9.66. The first-order valence-electron chi connectivity index (χ1n) is 21.9. The molecular weight excluding hydrogens is 781 g/mol. The van der Waals surface area contributed by atoms with Crippen molar-refractivity contribution < 1.29 is 33.4 Å². The van der Waals surface area contributed by atoms with Gasteiger partial charge in [0, 0.05) is 67.4 Å². The van der Waals surface area contributed by atoms with Crippen LogP contribution in [0.4, 0.5) is 0 Å². The van der Waals surface area contributed by atoms with Crippen LogP contribution in [0.25, 0.3) is 10.9 Å². The lowest BCUT2D eigenvalue weighted by Crippen LogP contribution is -2.58. The van der Waals surface area contributed by atoms with Gasteiger partial charge in [-0.1, -0.05) is 79.0 Å². The lowest BCUT2D eigenvalue weighted by molar-refractivity contribution is -0.149. The molecule has 1 saturated heterocycles. The molecule has 3 heterocycles. The summed E-state index contributed by atoms with van der Waals surface area (Å²) >= 11 is 1.23. The van der Waals surface area contributed by atoms with Crippen molar-refractivity contribution in [1.29, 1.82) is 0 Å². The summed E-state index contributed by atoms with van der Waals surface area (Å²) in [6.07, 6.45) is 8.14. The van der Waals surface area contributed by atoms with Crippen molar-refractivity contribution in [2.24, 2.45) is 24.8 Å². The number of aryl methyl sites for hydroxylation is 1. The van der Waals surface area contributed by atoms with E-state index in [1.807, 2.05) is 53.8 Å². The number of ether oxygens (including phenoxy) is 2. The molecular formula is C46H68N6O7S. The van der Waals surface area contributed by atoms with Crippen molar-refractivity contribution in [2.75, 3.05) is 27.2 Å². The summed E-state index contributed by atoms with van der Waals surface area (Å²) in [7, 11) is 5.13. The topological polar surface area (TPSA) is 152 Å². The third kappa shape index (κ3) is 10.8. The zero-order valence-electron chi connectivity index (χ0n) is 37.4. The first-order valence-corrected chi connectivity index (χ1v) is 22.8. The number of amides is 3. The first kappa shape index (κ1) is 46.8. The van der Waals surface area contributed by atoms with E-state index in [1.54, 1.807) is 17.3 Å². The number of hydrogen-bond donors (Lipinski definition) is 2. The molecule has 60 heavy (non-hydrogen) atoms. The highest BCUT2D eigenvalue weighted by molar-refractivity contribution is 7.09. The molecule has 0 spiro atoms. The van der Waals surface area contributed by atoms with E-state index in [1.165, 1.54) is 25.4 Å². The average molecular weight is 849 g/mol. The quantitative estimate of drug-likeness (QED) is 0.113. The molecule has 3 amide bonds. The Kier molecular flexibility index (Phi) is 16.0. The van der Waals surface area contributed by atoms with Gasteiger partial charge in [-0.2, -0.15) is 0 Å². The Bertz CT molecular complexity index is 1980. The maximum absolute atomic E-state index is 14.5. The molecule has 1 aromatic carbocycles. The standard InChI is InChI=1S/C46H68N6O7S/c1-11-13-21-52-22-17-16-20-37(52)42(55)48-40(29(5)12-2)44(56)51(9)38(28(3)4)23-39(59-31(7)53)43-47-35(27-60-43)41(54)49-46(24-30(6)45(57)58-10)25-34(46)33-26-50(8)36-19-15-14-18-32(33)36/h14-15,18-19,26-30,34,37-40H,11-13,16-17,20-25H2,1-10H3,(H,48,55)(H,49,54)/t29-,30-,34?,37+,38+,39+,40-,46?/m0/s1. The van der Waals surface area contributed by atoms with Crippen LogP contribution in [0.1, 0.15) is 139 Å². The zero-order chi connectivity index (χ0) is 43.9. The molecule has 1 saturated carbocycles. The SMILES string of the molecule is CCCCN1CCCC[C@@H]1C(=O)N[C@H](C(=O)N(C)[C@H](C[C@@H](OC(C)=O)c1nc(C(=O)NC2(C[C@H](C)C(=O)OC)CC2c2cn(C)c3ccccc23)cs1)C(C)C)[C@@H](C)CC. The van der Waals surface area contributed by atoms with Gasteiger partial charge in [0.15, 0.2) is 6.10 Å². The summed E-state index contributed by atoms with van der Waals surface area (Å²) in [5.74, 6) is -2.16. The minimum Gasteiger partial charge on any atom is -0.469 e. The van der Waals surface area contributed by atoms with Gasteiger partial charge in [-0.05, 0) is 68.7 Å². The Morgan fingerprint density at radius 2 is 1.82 bits per heavy atom. The number of nitrogens with zero attached hydrogens (tertiary/aromatic N) is 4. The average Bonchev–Trinajstić information content (AvgIpc) is 3.52. The highest BCUT2D eigenvalue weighted by Crippen LogP contribution is 2.56. The zero-order valence-corrected chi connectivity index (χ0v) is 38.2. The normalized spacial score (nSPS) is 21.7. The van der Waals surface area contributed by atoms with E-state index in [0.717, 1.165) is 61.7 Å². The second kappa shape index (κ2) is 20.5. The Labute approximate surface area is 360 Å². The molecule has 1 aliphatic heterocycles. The van der Waals surface area contributed by atoms with Gasteiger partial charge in [0.1, 0.15) is 16.7 Å². The molecule has 5 rings (SSSR count). The molecule has 2 N–H and O–H groups in total.